The highest BCUT2D eigenvalue weighted by atomic mass is 19.1. The predicted molar refractivity (Wildman–Crippen MR) is 118 cm³/mol. The second-order valence-electron chi connectivity index (χ2n) is 7.54. The molecule has 0 spiro atoms. The third kappa shape index (κ3) is 4.70. The average molecular weight is 420 g/mol. The van der Waals surface area contributed by atoms with Crippen LogP contribution in [0.5, 0.6) is 11.5 Å². The zero-order valence-electron chi connectivity index (χ0n) is 17.5. The van der Waals surface area contributed by atoms with Gasteiger partial charge in [0.25, 0.3) is 5.91 Å². The molecule has 2 atom stereocenters. The quantitative estimate of drug-likeness (QED) is 0.634. The van der Waals surface area contributed by atoms with Gasteiger partial charge in [-0.25, -0.2) is 4.39 Å². The first-order valence-corrected chi connectivity index (χ1v) is 10.3. The lowest BCUT2D eigenvalue weighted by molar-refractivity contribution is 0.0954. The Morgan fingerprint density at radius 2 is 1.97 bits per heavy atom. The Morgan fingerprint density at radius 1 is 1.16 bits per heavy atom. The summed E-state index contributed by atoms with van der Waals surface area (Å²) in [5, 5.41) is 3.48. The van der Waals surface area contributed by atoms with Crippen LogP contribution in [0.15, 0.2) is 72.8 Å². The minimum atomic E-state index is -0.433. The number of amides is 1. The fourth-order valence-electron chi connectivity index (χ4n) is 3.71. The summed E-state index contributed by atoms with van der Waals surface area (Å²) in [5.74, 6) is 0.763. The zero-order valence-corrected chi connectivity index (χ0v) is 17.5. The van der Waals surface area contributed by atoms with Crippen molar-refractivity contribution >= 4 is 11.6 Å². The van der Waals surface area contributed by atoms with Crippen LogP contribution in [0.3, 0.4) is 0 Å². The van der Waals surface area contributed by atoms with Gasteiger partial charge in [0, 0.05) is 18.2 Å². The number of benzene rings is 3. The molecule has 1 aliphatic rings. The smallest absolute Gasteiger partial charge is 0.258 e. The van der Waals surface area contributed by atoms with Gasteiger partial charge in [-0.3, -0.25) is 4.79 Å². The lowest BCUT2D eigenvalue weighted by atomic mass is 10.1. The van der Waals surface area contributed by atoms with Gasteiger partial charge >= 0.3 is 0 Å². The highest BCUT2D eigenvalue weighted by molar-refractivity contribution is 6.07. The SMILES string of the molecule is COc1cccc([C@@H](C)NCC2CN(C(=O)c3cccc(F)c3)c3ccccc3O2)c1. The van der Waals surface area contributed by atoms with Crippen LogP contribution in [-0.4, -0.2) is 32.2 Å². The fraction of sp³-hybridized carbons (Fsp3) is 0.240. The van der Waals surface area contributed by atoms with E-state index in [0.29, 0.717) is 30.1 Å². The third-order valence-corrected chi connectivity index (χ3v) is 5.40. The van der Waals surface area contributed by atoms with Crippen molar-refractivity contribution in [2.24, 2.45) is 0 Å². The van der Waals surface area contributed by atoms with E-state index in [2.05, 4.69) is 12.2 Å². The maximum Gasteiger partial charge on any atom is 0.258 e. The molecular formula is C25H25FN2O3. The Bertz CT molecular complexity index is 1070. The number of halogens is 1. The number of ether oxygens (including phenoxy) is 2. The molecule has 0 aliphatic carbocycles. The summed E-state index contributed by atoms with van der Waals surface area (Å²) in [6.07, 6.45) is -0.250. The Hall–Kier alpha value is -3.38. The van der Waals surface area contributed by atoms with Crippen LogP contribution >= 0.6 is 0 Å². The van der Waals surface area contributed by atoms with E-state index in [0.717, 1.165) is 11.3 Å². The molecule has 1 aliphatic heterocycles. The lowest BCUT2D eigenvalue weighted by Gasteiger charge is -2.35. The molecule has 4 rings (SSSR count). The van der Waals surface area contributed by atoms with Gasteiger partial charge in [0.1, 0.15) is 23.4 Å². The van der Waals surface area contributed by atoms with Gasteiger partial charge in [-0.2, -0.15) is 0 Å². The third-order valence-electron chi connectivity index (χ3n) is 5.40. The summed E-state index contributed by atoms with van der Waals surface area (Å²) < 4.78 is 25.1. The van der Waals surface area contributed by atoms with E-state index < -0.39 is 5.82 Å². The van der Waals surface area contributed by atoms with Crippen molar-refractivity contribution < 1.29 is 18.7 Å². The first-order chi connectivity index (χ1) is 15.0. The molecule has 1 amide bonds. The van der Waals surface area contributed by atoms with Gasteiger partial charge in [-0.1, -0.05) is 30.3 Å². The average Bonchev–Trinajstić information content (AvgIpc) is 2.81. The molecule has 1 N–H and O–H groups in total. The molecule has 5 nitrogen and oxygen atoms in total. The van der Waals surface area contributed by atoms with Crippen LogP contribution in [0, 0.1) is 5.82 Å². The van der Waals surface area contributed by atoms with E-state index >= 15 is 0 Å². The van der Waals surface area contributed by atoms with Gasteiger partial charge in [-0.05, 0) is 55.0 Å². The molecule has 0 saturated carbocycles. The number of hydrogen-bond acceptors (Lipinski definition) is 4. The first-order valence-electron chi connectivity index (χ1n) is 10.3. The normalized spacial score (nSPS) is 16.2. The van der Waals surface area contributed by atoms with Crippen molar-refractivity contribution in [1.82, 2.24) is 5.32 Å². The summed E-state index contributed by atoms with van der Waals surface area (Å²) in [6.45, 7) is 2.98. The minimum Gasteiger partial charge on any atom is -0.497 e. The van der Waals surface area contributed by atoms with Crippen LogP contribution in [0.25, 0.3) is 0 Å². The molecule has 0 saturated heterocycles. The van der Waals surface area contributed by atoms with Gasteiger partial charge < -0.3 is 19.7 Å². The van der Waals surface area contributed by atoms with Crippen molar-refractivity contribution in [2.45, 2.75) is 19.1 Å². The summed E-state index contributed by atoms with van der Waals surface area (Å²) in [6, 6.07) is 21.2. The van der Waals surface area contributed by atoms with E-state index in [1.165, 1.54) is 12.1 Å². The number of nitrogens with one attached hydrogen (secondary N) is 1. The Morgan fingerprint density at radius 3 is 2.77 bits per heavy atom. The van der Waals surface area contributed by atoms with Crippen molar-refractivity contribution in [1.29, 1.82) is 0 Å². The Kier molecular flexibility index (Phi) is 6.18. The number of hydrogen-bond donors (Lipinski definition) is 1. The van der Waals surface area contributed by atoms with Crippen LogP contribution in [0.4, 0.5) is 10.1 Å². The standard InChI is InChI=1S/C25H25FN2O3/c1-17(18-7-6-10-21(14-18)30-2)27-15-22-16-28(23-11-3-4-12-24(23)31-22)25(29)19-8-5-9-20(26)13-19/h3-14,17,22,27H,15-16H2,1-2H3/t17-,22?/m1/s1. The number of carbonyl (C=O) groups is 1. The molecule has 1 unspecified atom stereocenters. The zero-order chi connectivity index (χ0) is 21.8. The summed E-state index contributed by atoms with van der Waals surface area (Å²) in [7, 11) is 1.65. The highest BCUT2D eigenvalue weighted by Crippen LogP contribution is 2.34. The number of fused-ring (bicyclic) bond motifs is 1. The monoisotopic (exact) mass is 420 g/mol. The molecule has 31 heavy (non-hydrogen) atoms. The molecule has 0 radical (unpaired) electrons. The Balaban J connectivity index is 1.50. The molecule has 6 heteroatoms. The number of nitrogens with zero attached hydrogens (tertiary/aromatic N) is 1. The number of carbonyl (C=O) groups excluding carboxylic acids is 1. The minimum absolute atomic E-state index is 0.0724. The van der Waals surface area contributed by atoms with E-state index in [-0.39, 0.29) is 18.1 Å². The van der Waals surface area contributed by atoms with E-state index in [1.807, 2.05) is 48.5 Å². The van der Waals surface area contributed by atoms with Crippen LogP contribution in [-0.2, 0) is 0 Å². The highest BCUT2D eigenvalue weighted by Gasteiger charge is 2.30. The first kappa shape index (κ1) is 20.9. The van der Waals surface area contributed by atoms with Gasteiger partial charge in [-0.15, -0.1) is 0 Å². The molecule has 160 valence electrons. The number of methoxy groups -OCH3 is 1. The second kappa shape index (κ2) is 9.18. The van der Waals surface area contributed by atoms with Crippen molar-refractivity contribution in [3.63, 3.8) is 0 Å². The summed E-state index contributed by atoms with van der Waals surface area (Å²) >= 11 is 0. The maximum absolute atomic E-state index is 13.7. The predicted octanol–water partition coefficient (Wildman–Crippen LogP) is 4.59. The van der Waals surface area contributed by atoms with E-state index in [9.17, 15) is 9.18 Å². The fourth-order valence-corrected chi connectivity index (χ4v) is 3.71. The molecule has 0 bridgehead atoms. The van der Waals surface area contributed by atoms with E-state index in [4.69, 9.17) is 9.47 Å². The van der Waals surface area contributed by atoms with Gasteiger partial charge in [0.15, 0.2) is 0 Å². The molecule has 0 fully saturated rings. The largest absolute Gasteiger partial charge is 0.497 e. The molecule has 3 aromatic carbocycles. The number of para-hydroxylation sites is 2. The second-order valence-corrected chi connectivity index (χ2v) is 7.54. The van der Waals surface area contributed by atoms with Crippen molar-refractivity contribution in [2.75, 3.05) is 25.1 Å². The molecule has 1 heterocycles. The van der Waals surface area contributed by atoms with E-state index in [1.54, 1.807) is 24.1 Å². The molecule has 0 aromatic heterocycles. The number of rotatable bonds is 6. The molecule has 3 aromatic rings. The Labute approximate surface area is 181 Å². The summed E-state index contributed by atoms with van der Waals surface area (Å²) in [5.41, 5.74) is 2.10. The topological polar surface area (TPSA) is 50.8 Å². The van der Waals surface area contributed by atoms with Gasteiger partial charge in [0.05, 0.1) is 19.3 Å². The van der Waals surface area contributed by atoms with Crippen molar-refractivity contribution in [3.05, 3.63) is 89.7 Å². The molecular weight excluding hydrogens is 395 g/mol. The maximum atomic E-state index is 13.7. The number of anilines is 1. The summed E-state index contributed by atoms with van der Waals surface area (Å²) in [4.78, 5) is 14.8. The lowest BCUT2D eigenvalue weighted by Crippen LogP contribution is -2.48. The van der Waals surface area contributed by atoms with Crippen molar-refractivity contribution in [3.8, 4) is 11.5 Å². The van der Waals surface area contributed by atoms with Crippen LogP contribution in [0.1, 0.15) is 28.9 Å². The van der Waals surface area contributed by atoms with Gasteiger partial charge in [0.2, 0.25) is 0 Å². The van der Waals surface area contributed by atoms with Crippen LogP contribution < -0.4 is 19.7 Å². The van der Waals surface area contributed by atoms with Crippen LogP contribution in [0.2, 0.25) is 0 Å².